The van der Waals surface area contributed by atoms with Gasteiger partial charge in [-0.1, -0.05) is 18.2 Å². The van der Waals surface area contributed by atoms with Gasteiger partial charge in [0.2, 0.25) is 0 Å². The average molecular weight is 440 g/mol. The summed E-state index contributed by atoms with van der Waals surface area (Å²) >= 11 is 0. The summed E-state index contributed by atoms with van der Waals surface area (Å²) in [5.41, 5.74) is 3.34. The van der Waals surface area contributed by atoms with Gasteiger partial charge in [0, 0.05) is 55.7 Å². The van der Waals surface area contributed by atoms with E-state index >= 15 is 0 Å². The second-order valence-corrected chi connectivity index (χ2v) is 7.41. The minimum absolute atomic E-state index is 0. The van der Waals surface area contributed by atoms with Gasteiger partial charge in [-0.3, -0.25) is 4.79 Å². The highest BCUT2D eigenvalue weighted by atomic mass is 35.5. The molecule has 162 valence electrons. The lowest BCUT2D eigenvalue weighted by atomic mass is 9.95. The molecule has 0 aliphatic carbocycles. The maximum Gasteiger partial charge on any atom is 0.314 e. The number of fused-ring (bicyclic) bond motifs is 4. The van der Waals surface area contributed by atoms with E-state index in [0.29, 0.717) is 25.1 Å². The van der Waals surface area contributed by atoms with Crippen LogP contribution in [-0.2, 0) is 7.05 Å². The summed E-state index contributed by atoms with van der Waals surface area (Å²) in [6, 6.07) is 9.74. The molecule has 0 bridgehead atoms. The number of nitrogens with zero attached hydrogens (tertiary/aromatic N) is 2. The van der Waals surface area contributed by atoms with E-state index in [2.05, 4.69) is 35.1 Å². The Morgan fingerprint density at radius 1 is 1.03 bits per heavy atom. The lowest BCUT2D eigenvalue weighted by Gasteiger charge is -2.13. The Balaban J connectivity index is 0.00000272. The number of pyridine rings is 1. The van der Waals surface area contributed by atoms with Gasteiger partial charge in [-0.2, -0.15) is 0 Å². The number of carbonyl (C=O) groups excluding carboxylic acids is 2. The first kappa shape index (κ1) is 22.4. The molecule has 2 aromatic heterocycles. The normalized spacial score (nSPS) is 10.8. The second-order valence-electron chi connectivity index (χ2n) is 7.41. The first-order chi connectivity index (χ1) is 14.5. The van der Waals surface area contributed by atoms with Gasteiger partial charge in [0.05, 0.1) is 16.6 Å². The van der Waals surface area contributed by atoms with Crippen molar-refractivity contribution in [3.05, 3.63) is 53.9 Å². The number of nitrogens with one attached hydrogen (secondary N) is 3. The fourth-order valence-electron chi connectivity index (χ4n) is 3.92. The van der Waals surface area contributed by atoms with Crippen LogP contribution in [0.3, 0.4) is 0 Å². The van der Waals surface area contributed by atoms with E-state index in [1.165, 1.54) is 0 Å². The number of carbonyl (C=O) groups is 2. The molecule has 0 spiro atoms. The molecule has 2 heterocycles. The Labute approximate surface area is 186 Å². The van der Waals surface area contributed by atoms with Crippen molar-refractivity contribution in [2.45, 2.75) is 13.3 Å². The average Bonchev–Trinajstić information content (AvgIpc) is 3.13. The summed E-state index contributed by atoms with van der Waals surface area (Å²) < 4.78 is 1.99. The summed E-state index contributed by atoms with van der Waals surface area (Å²) in [6.45, 7) is 3.03. The third kappa shape index (κ3) is 4.14. The molecule has 4 aromatic rings. The molecule has 0 fully saturated rings. The maximum atomic E-state index is 13.2. The Bertz CT molecular complexity index is 1280. The third-order valence-corrected chi connectivity index (χ3v) is 5.41. The zero-order chi connectivity index (χ0) is 21.3. The molecule has 31 heavy (non-hydrogen) atoms. The molecule has 2 aromatic carbocycles. The van der Waals surface area contributed by atoms with Gasteiger partial charge in [0.15, 0.2) is 0 Å². The zero-order valence-corrected chi connectivity index (χ0v) is 18.6. The molecule has 0 saturated carbocycles. The lowest BCUT2D eigenvalue weighted by Crippen LogP contribution is -2.35. The molecular weight excluding hydrogens is 414 g/mol. The van der Waals surface area contributed by atoms with Crippen LogP contribution < -0.4 is 16.0 Å². The molecule has 0 radical (unpaired) electrons. The van der Waals surface area contributed by atoms with Crippen molar-refractivity contribution in [1.82, 2.24) is 25.5 Å². The number of rotatable bonds is 5. The maximum absolute atomic E-state index is 13.2. The highest BCUT2D eigenvalue weighted by molar-refractivity contribution is 6.24. The van der Waals surface area contributed by atoms with Crippen molar-refractivity contribution >= 4 is 56.9 Å². The SMILES string of the molecule is CNC(=O)NCCCNC(=O)c1c2ccn(C)cc2c(C)c2c1nc1ccccc12.Cl. The minimum atomic E-state index is -0.229. The number of benzene rings is 2. The number of para-hydroxylation sites is 1. The predicted molar refractivity (Wildman–Crippen MR) is 127 cm³/mol. The Hall–Kier alpha value is -3.32. The first-order valence-corrected chi connectivity index (χ1v) is 10.0. The second kappa shape index (κ2) is 9.22. The molecule has 3 N–H and O–H groups in total. The van der Waals surface area contributed by atoms with Crippen LogP contribution in [0.2, 0.25) is 0 Å². The first-order valence-electron chi connectivity index (χ1n) is 10.0. The summed E-state index contributed by atoms with van der Waals surface area (Å²) in [7, 11) is 3.55. The van der Waals surface area contributed by atoms with Crippen LogP contribution in [0.1, 0.15) is 22.3 Å². The topological polar surface area (TPSA) is 88.0 Å². The van der Waals surface area contributed by atoms with E-state index < -0.39 is 0 Å². The van der Waals surface area contributed by atoms with Crippen molar-refractivity contribution in [1.29, 1.82) is 0 Å². The van der Waals surface area contributed by atoms with Gasteiger partial charge in [-0.25, -0.2) is 9.78 Å². The molecule has 3 amide bonds. The molecular formula is C23H26ClN5O2. The number of aromatic nitrogens is 2. The monoisotopic (exact) mass is 439 g/mol. The molecule has 0 saturated heterocycles. The van der Waals surface area contributed by atoms with Gasteiger partial charge in [-0.05, 0) is 36.4 Å². The van der Waals surface area contributed by atoms with Crippen LogP contribution in [0.25, 0.3) is 32.6 Å². The molecule has 0 aliphatic rings. The highest BCUT2D eigenvalue weighted by Gasteiger charge is 2.21. The highest BCUT2D eigenvalue weighted by Crippen LogP contribution is 2.36. The smallest absolute Gasteiger partial charge is 0.314 e. The van der Waals surface area contributed by atoms with E-state index in [-0.39, 0.29) is 24.3 Å². The summed E-state index contributed by atoms with van der Waals surface area (Å²) in [5, 5.41) is 12.2. The van der Waals surface area contributed by atoms with Gasteiger partial charge in [-0.15, -0.1) is 12.4 Å². The van der Waals surface area contributed by atoms with Gasteiger partial charge in [0.1, 0.15) is 0 Å². The van der Waals surface area contributed by atoms with Crippen LogP contribution in [0, 0.1) is 6.92 Å². The van der Waals surface area contributed by atoms with Crippen molar-refractivity contribution < 1.29 is 9.59 Å². The van der Waals surface area contributed by atoms with Crippen LogP contribution >= 0.6 is 12.4 Å². The number of halogens is 1. The van der Waals surface area contributed by atoms with Crippen molar-refractivity contribution in [3.8, 4) is 0 Å². The van der Waals surface area contributed by atoms with Crippen LogP contribution in [0.5, 0.6) is 0 Å². The predicted octanol–water partition coefficient (Wildman–Crippen LogP) is 3.66. The molecule has 0 atom stereocenters. The Morgan fingerprint density at radius 3 is 2.55 bits per heavy atom. The molecule has 0 unspecified atom stereocenters. The molecule has 0 aliphatic heterocycles. The number of amides is 3. The lowest BCUT2D eigenvalue weighted by molar-refractivity contribution is 0.0956. The fraction of sp³-hybridized carbons (Fsp3) is 0.261. The number of hydrogen-bond donors (Lipinski definition) is 3. The Kier molecular flexibility index (Phi) is 6.65. The molecule has 8 heteroatoms. The van der Waals surface area contributed by atoms with Crippen molar-refractivity contribution in [2.24, 2.45) is 7.05 Å². The van der Waals surface area contributed by atoms with Gasteiger partial charge >= 0.3 is 6.03 Å². The van der Waals surface area contributed by atoms with Crippen LogP contribution in [-0.4, -0.2) is 41.6 Å². The van der Waals surface area contributed by atoms with E-state index in [1.807, 2.05) is 42.1 Å². The summed E-state index contributed by atoms with van der Waals surface area (Å²) in [6.07, 6.45) is 4.63. The van der Waals surface area contributed by atoms with Crippen molar-refractivity contribution in [3.63, 3.8) is 0 Å². The molecule has 7 nitrogen and oxygen atoms in total. The zero-order valence-electron chi connectivity index (χ0n) is 17.8. The van der Waals surface area contributed by atoms with Gasteiger partial charge < -0.3 is 20.5 Å². The van der Waals surface area contributed by atoms with Gasteiger partial charge in [0.25, 0.3) is 5.91 Å². The summed E-state index contributed by atoms with van der Waals surface area (Å²) in [5.74, 6) is -0.151. The van der Waals surface area contributed by atoms with Crippen LogP contribution in [0.4, 0.5) is 4.79 Å². The Morgan fingerprint density at radius 2 is 1.77 bits per heavy atom. The molecule has 4 rings (SSSR count). The third-order valence-electron chi connectivity index (χ3n) is 5.41. The number of urea groups is 1. The van der Waals surface area contributed by atoms with E-state index in [4.69, 9.17) is 4.98 Å². The fourth-order valence-corrected chi connectivity index (χ4v) is 3.92. The minimum Gasteiger partial charge on any atom is -0.357 e. The standard InChI is InChI=1S/C23H25N5O2.ClH/c1-14-17-13-28(3)12-9-15(17)20(22(29)25-10-6-11-26-23(30)24-2)21-19(14)16-7-4-5-8-18(16)27-21;/h4-5,7-9,12-13H,6,10-11H2,1-3H3,(H,25,29)(H2,24,26,30);1H. The summed E-state index contributed by atoms with van der Waals surface area (Å²) in [4.78, 5) is 29.3. The van der Waals surface area contributed by atoms with E-state index in [9.17, 15) is 9.59 Å². The van der Waals surface area contributed by atoms with Crippen molar-refractivity contribution in [2.75, 3.05) is 20.1 Å². The van der Waals surface area contributed by atoms with E-state index in [0.717, 1.165) is 38.1 Å². The van der Waals surface area contributed by atoms with Crippen LogP contribution in [0.15, 0.2) is 42.7 Å². The largest absolute Gasteiger partial charge is 0.357 e. The number of hydrogen-bond acceptors (Lipinski definition) is 3. The van der Waals surface area contributed by atoms with E-state index in [1.54, 1.807) is 7.05 Å². The quantitative estimate of drug-likeness (QED) is 0.415. The number of aryl methyl sites for hydroxylation is 2.